The lowest BCUT2D eigenvalue weighted by atomic mass is 9.98. The minimum atomic E-state index is 0.867. The first-order valence-electron chi connectivity index (χ1n) is 18.9. The van der Waals surface area contributed by atoms with Crippen LogP contribution in [0.25, 0.3) is 132 Å². The highest BCUT2D eigenvalue weighted by Crippen LogP contribution is 2.42. The Morgan fingerprint density at radius 1 is 0.339 bits per heavy atom. The zero-order chi connectivity index (χ0) is 36.2. The number of benzene rings is 8. The Balaban J connectivity index is 1.05. The lowest BCUT2D eigenvalue weighted by Crippen LogP contribution is -1.92. The monoisotopic (exact) mass is 714 g/mol. The van der Waals surface area contributed by atoms with E-state index in [2.05, 4.69) is 142 Å². The molecule has 0 aliphatic rings. The zero-order valence-electron chi connectivity index (χ0n) is 29.6. The van der Waals surface area contributed by atoms with E-state index in [0.29, 0.717) is 0 Å². The highest BCUT2D eigenvalue weighted by Gasteiger charge is 2.21. The van der Waals surface area contributed by atoms with E-state index in [4.69, 9.17) is 18.8 Å². The molecule has 0 aliphatic carbocycles. The number of furan rings is 2. The van der Waals surface area contributed by atoms with Gasteiger partial charge in [0.15, 0.2) is 0 Å². The normalized spacial score (nSPS) is 12.6. The number of hydrogen-bond acceptors (Lipinski definition) is 4. The van der Waals surface area contributed by atoms with Crippen LogP contribution in [-0.2, 0) is 0 Å². The van der Waals surface area contributed by atoms with Crippen molar-refractivity contribution in [1.82, 2.24) is 18.8 Å². The summed E-state index contributed by atoms with van der Waals surface area (Å²) >= 11 is 0. The molecule has 6 aromatic heterocycles. The topological polar surface area (TPSA) is 60.9 Å². The molecule has 0 radical (unpaired) electrons. The predicted molar refractivity (Wildman–Crippen MR) is 229 cm³/mol. The van der Waals surface area contributed by atoms with E-state index < -0.39 is 0 Å². The molecule has 14 aromatic rings. The highest BCUT2D eigenvalue weighted by molar-refractivity contribution is 6.25. The fourth-order valence-corrected chi connectivity index (χ4v) is 9.56. The molecule has 6 nitrogen and oxygen atoms in total. The van der Waals surface area contributed by atoms with Gasteiger partial charge in [0.2, 0.25) is 0 Å². The van der Waals surface area contributed by atoms with Crippen LogP contribution < -0.4 is 0 Å². The summed E-state index contributed by atoms with van der Waals surface area (Å²) in [6.45, 7) is 0. The van der Waals surface area contributed by atoms with Gasteiger partial charge in [-0.1, -0.05) is 84.9 Å². The van der Waals surface area contributed by atoms with Crippen molar-refractivity contribution in [1.29, 1.82) is 0 Å². The molecule has 0 fully saturated rings. The third-order valence-electron chi connectivity index (χ3n) is 12.0. The molecule has 0 saturated carbocycles. The number of hydrogen-bond donors (Lipinski definition) is 0. The molecular formula is C50H26N4O2. The van der Waals surface area contributed by atoms with Gasteiger partial charge in [-0.25, -0.2) is 9.97 Å². The van der Waals surface area contributed by atoms with Crippen molar-refractivity contribution in [2.75, 3.05) is 0 Å². The Morgan fingerprint density at radius 3 is 1.82 bits per heavy atom. The number of aromatic nitrogens is 4. The van der Waals surface area contributed by atoms with Crippen LogP contribution in [0.5, 0.6) is 0 Å². The molecule has 56 heavy (non-hydrogen) atoms. The Kier molecular flexibility index (Phi) is 5.18. The standard InChI is InChI=1S/C50H26N4O2/c1-2-12-33-31(11-1)47-42(22-20-32-29-9-3-8-16-45(29)56-48(32)47)53-41-21-18-28(24-39(41)52-49(33)53)27-17-19-34-35(23-27)36-25-37-30-10-4-7-15-44(30)55-46(37)26-43(36)54-40-14-6-5-13-38(40)51-50(34)54/h1-26H. The zero-order valence-corrected chi connectivity index (χ0v) is 29.6. The smallest absolute Gasteiger partial charge is 0.146 e. The van der Waals surface area contributed by atoms with Crippen LogP contribution in [0.2, 0.25) is 0 Å². The molecule has 0 unspecified atom stereocenters. The van der Waals surface area contributed by atoms with Gasteiger partial charge in [-0.2, -0.15) is 0 Å². The number of pyridine rings is 2. The van der Waals surface area contributed by atoms with Crippen molar-refractivity contribution in [2.24, 2.45) is 0 Å². The number of para-hydroxylation sites is 4. The first-order chi connectivity index (χ1) is 27.7. The van der Waals surface area contributed by atoms with E-state index >= 15 is 0 Å². The van der Waals surface area contributed by atoms with Crippen molar-refractivity contribution < 1.29 is 8.83 Å². The van der Waals surface area contributed by atoms with Crippen molar-refractivity contribution in [2.45, 2.75) is 0 Å². The Hall–Kier alpha value is -7.70. The van der Waals surface area contributed by atoms with Crippen LogP contribution in [0.15, 0.2) is 167 Å². The SMILES string of the molecule is c1ccc2c(c1)nc1c3ccc(-c4ccc5c(c4)nc4c6ccccc6c6c7oc8ccccc8c7ccc6n54)cc3c3cc4c(cc3n21)oc1ccccc14. The van der Waals surface area contributed by atoms with Gasteiger partial charge in [-0.3, -0.25) is 8.80 Å². The number of rotatable bonds is 1. The maximum atomic E-state index is 6.59. The summed E-state index contributed by atoms with van der Waals surface area (Å²) in [5, 5.41) is 11.2. The van der Waals surface area contributed by atoms with Gasteiger partial charge in [0.1, 0.15) is 33.6 Å². The minimum absolute atomic E-state index is 0.867. The second kappa shape index (κ2) is 10.1. The molecule has 0 spiro atoms. The molecule has 8 aromatic carbocycles. The van der Waals surface area contributed by atoms with Crippen LogP contribution in [0.4, 0.5) is 0 Å². The quantitative estimate of drug-likeness (QED) is 0.159. The summed E-state index contributed by atoms with van der Waals surface area (Å²) < 4.78 is 17.6. The van der Waals surface area contributed by atoms with Crippen LogP contribution in [0.3, 0.4) is 0 Å². The van der Waals surface area contributed by atoms with Gasteiger partial charge in [-0.15, -0.1) is 0 Å². The third-order valence-corrected chi connectivity index (χ3v) is 12.0. The first kappa shape index (κ1) is 28.8. The summed E-state index contributed by atoms with van der Waals surface area (Å²) in [5.74, 6) is 0. The summed E-state index contributed by atoms with van der Waals surface area (Å²) in [4.78, 5) is 10.5. The third kappa shape index (κ3) is 3.56. The lowest BCUT2D eigenvalue weighted by molar-refractivity contribution is 0.669. The molecule has 0 saturated heterocycles. The number of imidazole rings is 2. The van der Waals surface area contributed by atoms with Crippen molar-refractivity contribution in [3.05, 3.63) is 158 Å². The summed E-state index contributed by atoms with van der Waals surface area (Å²) in [6, 6.07) is 55.9. The largest absolute Gasteiger partial charge is 0.456 e. The second-order valence-corrected chi connectivity index (χ2v) is 14.9. The van der Waals surface area contributed by atoms with Crippen molar-refractivity contribution >= 4 is 121 Å². The summed E-state index contributed by atoms with van der Waals surface area (Å²) in [5.41, 5.74) is 13.8. The molecule has 6 heterocycles. The Labute approximate surface area is 316 Å². The van der Waals surface area contributed by atoms with Crippen LogP contribution >= 0.6 is 0 Å². The molecule has 6 heteroatoms. The van der Waals surface area contributed by atoms with Gasteiger partial charge in [0.25, 0.3) is 0 Å². The van der Waals surface area contributed by atoms with Gasteiger partial charge in [0.05, 0.1) is 33.1 Å². The molecule has 0 atom stereocenters. The van der Waals surface area contributed by atoms with E-state index in [0.717, 1.165) is 132 Å². The van der Waals surface area contributed by atoms with E-state index in [1.165, 1.54) is 0 Å². The number of fused-ring (bicyclic) bond motifs is 23. The fraction of sp³-hybridized carbons (Fsp3) is 0. The van der Waals surface area contributed by atoms with E-state index in [9.17, 15) is 0 Å². The van der Waals surface area contributed by atoms with Crippen LogP contribution in [0, 0.1) is 0 Å². The minimum Gasteiger partial charge on any atom is -0.456 e. The predicted octanol–water partition coefficient (Wildman–Crippen LogP) is 13.4. The average Bonchev–Trinajstić information content (AvgIpc) is 4.02. The maximum absolute atomic E-state index is 6.59. The number of nitrogens with zero attached hydrogens (tertiary/aromatic N) is 4. The highest BCUT2D eigenvalue weighted by atomic mass is 16.3. The first-order valence-corrected chi connectivity index (χ1v) is 18.9. The fourth-order valence-electron chi connectivity index (χ4n) is 9.56. The molecule has 258 valence electrons. The average molecular weight is 715 g/mol. The van der Waals surface area contributed by atoms with Crippen molar-refractivity contribution in [3.8, 4) is 11.1 Å². The van der Waals surface area contributed by atoms with Gasteiger partial charge in [0, 0.05) is 49.2 Å². The molecule has 0 aliphatic heterocycles. The van der Waals surface area contributed by atoms with Gasteiger partial charge < -0.3 is 8.83 Å². The van der Waals surface area contributed by atoms with Crippen LogP contribution in [0.1, 0.15) is 0 Å². The summed E-state index contributed by atoms with van der Waals surface area (Å²) in [6.07, 6.45) is 0. The maximum Gasteiger partial charge on any atom is 0.146 e. The molecule has 0 N–H and O–H groups in total. The van der Waals surface area contributed by atoms with E-state index in [1.807, 2.05) is 24.3 Å². The second-order valence-electron chi connectivity index (χ2n) is 14.9. The molecule has 0 amide bonds. The molecular weight excluding hydrogens is 689 g/mol. The van der Waals surface area contributed by atoms with Crippen LogP contribution in [-0.4, -0.2) is 18.8 Å². The van der Waals surface area contributed by atoms with E-state index in [-0.39, 0.29) is 0 Å². The Morgan fingerprint density at radius 2 is 0.946 bits per heavy atom. The molecule has 14 rings (SSSR count). The van der Waals surface area contributed by atoms with Crippen molar-refractivity contribution in [3.63, 3.8) is 0 Å². The van der Waals surface area contributed by atoms with Gasteiger partial charge >= 0.3 is 0 Å². The van der Waals surface area contributed by atoms with E-state index in [1.54, 1.807) is 0 Å². The van der Waals surface area contributed by atoms with Gasteiger partial charge in [-0.05, 0) is 88.6 Å². The summed E-state index contributed by atoms with van der Waals surface area (Å²) in [7, 11) is 0. The lowest BCUT2D eigenvalue weighted by Gasteiger charge is -2.11. The molecule has 0 bridgehead atoms. The Bertz CT molecular complexity index is 4070.